The van der Waals surface area contributed by atoms with E-state index in [9.17, 15) is 4.79 Å². The fourth-order valence-corrected chi connectivity index (χ4v) is 4.26. The van der Waals surface area contributed by atoms with Gasteiger partial charge < -0.3 is 9.47 Å². The first-order chi connectivity index (χ1) is 16.6. The number of hydrogen-bond donors (Lipinski definition) is 0. The van der Waals surface area contributed by atoms with Crippen molar-refractivity contribution in [2.45, 2.75) is 97.0 Å². The van der Waals surface area contributed by atoms with Crippen LogP contribution >= 0.6 is 0 Å². The molecular weight excluding hydrogens is 420 g/mol. The van der Waals surface area contributed by atoms with Gasteiger partial charge >= 0.3 is 5.97 Å². The summed E-state index contributed by atoms with van der Waals surface area (Å²) in [6.45, 7) is 8.35. The van der Waals surface area contributed by atoms with Crippen LogP contribution in [-0.4, -0.2) is 18.7 Å². The first-order valence-corrected chi connectivity index (χ1v) is 13.3. The summed E-state index contributed by atoms with van der Waals surface area (Å²) in [6.07, 6.45) is 15.5. The van der Waals surface area contributed by atoms with Gasteiger partial charge in [0.05, 0.1) is 12.7 Å². The van der Waals surface area contributed by atoms with Crippen LogP contribution in [0.1, 0.15) is 90.0 Å². The highest BCUT2D eigenvalue weighted by molar-refractivity contribution is 5.81. The van der Waals surface area contributed by atoms with Gasteiger partial charge in [0, 0.05) is 6.08 Å². The predicted molar refractivity (Wildman–Crippen MR) is 143 cm³/mol. The SMILES string of the molecule is C=CC(=O)OCCCCCCCCc1cc(O[C@@H](C)CCCCCC)ccc1-c1ccccc1. The van der Waals surface area contributed by atoms with Gasteiger partial charge in [-0.1, -0.05) is 94.8 Å². The number of rotatable bonds is 18. The molecule has 0 amide bonds. The van der Waals surface area contributed by atoms with E-state index in [0.717, 1.165) is 31.4 Å². The third-order valence-corrected chi connectivity index (χ3v) is 6.21. The predicted octanol–water partition coefficient (Wildman–Crippen LogP) is 8.70. The Morgan fingerprint density at radius 1 is 0.912 bits per heavy atom. The minimum absolute atomic E-state index is 0.248. The largest absolute Gasteiger partial charge is 0.491 e. The molecule has 186 valence electrons. The van der Waals surface area contributed by atoms with Crippen molar-refractivity contribution in [2.75, 3.05) is 6.61 Å². The Labute approximate surface area is 207 Å². The van der Waals surface area contributed by atoms with Gasteiger partial charge in [-0.3, -0.25) is 0 Å². The molecule has 34 heavy (non-hydrogen) atoms. The maximum absolute atomic E-state index is 11.1. The number of carbonyl (C=O) groups is 1. The Hall–Kier alpha value is -2.55. The zero-order chi connectivity index (χ0) is 24.4. The molecule has 0 unspecified atom stereocenters. The summed E-state index contributed by atoms with van der Waals surface area (Å²) in [5, 5.41) is 0. The van der Waals surface area contributed by atoms with Crippen LogP contribution in [0, 0.1) is 0 Å². The van der Waals surface area contributed by atoms with Crippen molar-refractivity contribution >= 4 is 5.97 Å². The lowest BCUT2D eigenvalue weighted by Gasteiger charge is -2.17. The molecule has 0 radical (unpaired) electrons. The zero-order valence-corrected chi connectivity index (χ0v) is 21.4. The summed E-state index contributed by atoms with van der Waals surface area (Å²) in [4.78, 5) is 11.1. The van der Waals surface area contributed by atoms with E-state index < -0.39 is 0 Å². The van der Waals surface area contributed by atoms with Crippen molar-refractivity contribution in [2.24, 2.45) is 0 Å². The summed E-state index contributed by atoms with van der Waals surface area (Å²) >= 11 is 0. The number of hydrogen-bond acceptors (Lipinski definition) is 3. The van der Waals surface area contributed by atoms with Crippen LogP contribution in [0.2, 0.25) is 0 Å². The third kappa shape index (κ3) is 11.0. The van der Waals surface area contributed by atoms with Crippen molar-refractivity contribution in [3.8, 4) is 16.9 Å². The highest BCUT2D eigenvalue weighted by Crippen LogP contribution is 2.29. The first kappa shape index (κ1) is 27.7. The van der Waals surface area contributed by atoms with E-state index in [1.807, 2.05) is 0 Å². The van der Waals surface area contributed by atoms with Gasteiger partial charge in [0.1, 0.15) is 5.75 Å². The fourth-order valence-electron chi connectivity index (χ4n) is 4.26. The normalized spacial score (nSPS) is 11.7. The molecule has 0 saturated carbocycles. The van der Waals surface area contributed by atoms with Crippen molar-refractivity contribution in [1.82, 2.24) is 0 Å². The molecule has 1 atom stereocenters. The van der Waals surface area contributed by atoms with Crippen molar-refractivity contribution in [3.63, 3.8) is 0 Å². The molecule has 0 aromatic heterocycles. The number of unbranched alkanes of at least 4 members (excludes halogenated alkanes) is 8. The lowest BCUT2D eigenvalue weighted by Crippen LogP contribution is -2.11. The molecule has 2 aromatic carbocycles. The minimum Gasteiger partial charge on any atom is -0.491 e. The molecule has 0 heterocycles. The Bertz CT molecular complexity index is 828. The third-order valence-electron chi connectivity index (χ3n) is 6.21. The fraction of sp³-hybridized carbons (Fsp3) is 0.516. The molecule has 0 bridgehead atoms. The molecule has 0 aliphatic heterocycles. The van der Waals surface area contributed by atoms with E-state index in [-0.39, 0.29) is 12.1 Å². The van der Waals surface area contributed by atoms with Crippen LogP contribution < -0.4 is 4.74 Å². The second kappa shape index (κ2) is 17.0. The van der Waals surface area contributed by atoms with Crippen LogP contribution in [-0.2, 0) is 16.0 Å². The summed E-state index contributed by atoms with van der Waals surface area (Å²) in [5.41, 5.74) is 3.96. The van der Waals surface area contributed by atoms with Gasteiger partial charge in [-0.05, 0) is 67.9 Å². The standard InChI is InChI=1S/C31H44O3/c1-4-6-7-13-18-26(3)34-29-22-23-30(27-19-15-12-16-20-27)28(25-29)21-14-10-8-9-11-17-24-33-31(32)5-2/h5,12,15-16,19-20,22-23,25-26H,2,4,6-11,13-14,17-18,21,24H2,1,3H3/t26-/m0/s1. The average molecular weight is 465 g/mol. The van der Waals surface area contributed by atoms with Gasteiger partial charge in [-0.2, -0.15) is 0 Å². The molecular formula is C31H44O3. The number of esters is 1. The average Bonchev–Trinajstić information content (AvgIpc) is 2.86. The molecule has 2 aromatic rings. The quantitative estimate of drug-likeness (QED) is 0.126. The minimum atomic E-state index is -0.327. The highest BCUT2D eigenvalue weighted by atomic mass is 16.5. The maximum atomic E-state index is 11.1. The van der Waals surface area contributed by atoms with Crippen LogP contribution in [0.5, 0.6) is 5.75 Å². The van der Waals surface area contributed by atoms with E-state index >= 15 is 0 Å². The number of aryl methyl sites for hydroxylation is 1. The zero-order valence-electron chi connectivity index (χ0n) is 21.4. The number of ether oxygens (including phenoxy) is 2. The second-order valence-electron chi connectivity index (χ2n) is 9.21. The van der Waals surface area contributed by atoms with Crippen LogP contribution in [0.4, 0.5) is 0 Å². The van der Waals surface area contributed by atoms with E-state index in [2.05, 4.69) is 69.0 Å². The molecule has 0 N–H and O–H groups in total. The van der Waals surface area contributed by atoms with Crippen LogP contribution in [0.15, 0.2) is 61.2 Å². The number of carbonyl (C=O) groups excluding carboxylic acids is 1. The van der Waals surface area contributed by atoms with Crippen molar-refractivity contribution in [1.29, 1.82) is 0 Å². The van der Waals surface area contributed by atoms with Gasteiger partial charge in [0.15, 0.2) is 0 Å². The van der Waals surface area contributed by atoms with Crippen LogP contribution in [0.3, 0.4) is 0 Å². The van der Waals surface area contributed by atoms with E-state index in [1.54, 1.807) is 0 Å². The Kier molecular flexibility index (Phi) is 13.8. The molecule has 3 heteroatoms. The lowest BCUT2D eigenvalue weighted by atomic mass is 9.95. The van der Waals surface area contributed by atoms with Crippen molar-refractivity contribution in [3.05, 3.63) is 66.7 Å². The van der Waals surface area contributed by atoms with E-state index in [0.29, 0.717) is 6.61 Å². The first-order valence-electron chi connectivity index (χ1n) is 13.3. The summed E-state index contributed by atoms with van der Waals surface area (Å²) < 4.78 is 11.3. The van der Waals surface area contributed by atoms with Gasteiger partial charge in [-0.25, -0.2) is 4.79 Å². The maximum Gasteiger partial charge on any atom is 0.330 e. The molecule has 0 spiro atoms. The second-order valence-corrected chi connectivity index (χ2v) is 9.21. The summed E-state index contributed by atoms with van der Waals surface area (Å²) in [6, 6.07) is 17.3. The Morgan fingerprint density at radius 2 is 1.62 bits per heavy atom. The summed E-state index contributed by atoms with van der Waals surface area (Å²) in [5.74, 6) is 0.665. The van der Waals surface area contributed by atoms with E-state index in [4.69, 9.17) is 9.47 Å². The smallest absolute Gasteiger partial charge is 0.330 e. The van der Waals surface area contributed by atoms with Gasteiger partial charge in [0.2, 0.25) is 0 Å². The number of benzene rings is 2. The molecule has 3 nitrogen and oxygen atoms in total. The van der Waals surface area contributed by atoms with Gasteiger partial charge in [0.25, 0.3) is 0 Å². The molecule has 2 rings (SSSR count). The molecule has 0 fully saturated rings. The highest BCUT2D eigenvalue weighted by Gasteiger charge is 2.10. The molecule has 0 aliphatic carbocycles. The molecule has 0 aliphatic rings. The van der Waals surface area contributed by atoms with Gasteiger partial charge in [-0.15, -0.1) is 0 Å². The topological polar surface area (TPSA) is 35.5 Å². The lowest BCUT2D eigenvalue weighted by molar-refractivity contribution is -0.137. The Balaban J connectivity index is 1.85. The van der Waals surface area contributed by atoms with E-state index in [1.165, 1.54) is 74.1 Å². The summed E-state index contributed by atoms with van der Waals surface area (Å²) in [7, 11) is 0. The Morgan fingerprint density at radius 3 is 2.35 bits per heavy atom. The van der Waals surface area contributed by atoms with Crippen LogP contribution in [0.25, 0.3) is 11.1 Å². The monoisotopic (exact) mass is 464 g/mol. The molecule has 0 saturated heterocycles. The van der Waals surface area contributed by atoms with Crippen molar-refractivity contribution < 1.29 is 14.3 Å².